The smallest absolute Gasteiger partial charge is 0.151 e. The molecule has 106 valence electrons. The van der Waals surface area contributed by atoms with Crippen LogP contribution < -0.4 is 10.2 Å². The van der Waals surface area contributed by atoms with Crippen LogP contribution in [0.4, 0.5) is 10.2 Å². The molecule has 0 atom stereocenters. The Morgan fingerprint density at radius 1 is 1.20 bits per heavy atom. The van der Waals surface area contributed by atoms with E-state index in [9.17, 15) is 4.39 Å². The second-order valence-corrected chi connectivity index (χ2v) is 5.77. The summed E-state index contributed by atoms with van der Waals surface area (Å²) in [5.41, 5.74) is 1.24. The van der Waals surface area contributed by atoms with Gasteiger partial charge >= 0.3 is 0 Å². The number of aromatic amines is 1. The van der Waals surface area contributed by atoms with Gasteiger partial charge in [-0.3, -0.25) is 5.10 Å². The molecule has 0 radical (unpaired) electrons. The molecular weight excluding hydrogens is 323 g/mol. The molecule has 3 rings (SSSR count). The predicted molar refractivity (Wildman–Crippen MR) is 81.4 cm³/mol. The lowest BCUT2D eigenvalue weighted by Crippen LogP contribution is -2.28. The van der Waals surface area contributed by atoms with Crippen LogP contribution >= 0.6 is 15.9 Å². The maximum atomic E-state index is 13.9. The van der Waals surface area contributed by atoms with Crippen LogP contribution in [0.15, 0.2) is 28.7 Å². The zero-order valence-corrected chi connectivity index (χ0v) is 12.6. The third kappa shape index (κ3) is 2.86. The SMILES string of the molecule is Fc1ccc(Br)cc1-c1cc(N2CCCNCC2)n[nH]1. The van der Waals surface area contributed by atoms with Gasteiger partial charge in [-0.25, -0.2) is 4.39 Å². The molecule has 0 amide bonds. The Hall–Kier alpha value is -1.40. The molecule has 0 unspecified atom stereocenters. The van der Waals surface area contributed by atoms with Crippen LogP contribution in [0.5, 0.6) is 0 Å². The predicted octanol–water partition coefficient (Wildman–Crippen LogP) is 2.78. The molecular formula is C14H16BrFN4. The fraction of sp³-hybridized carbons (Fsp3) is 0.357. The topological polar surface area (TPSA) is 44.0 Å². The molecule has 1 aliphatic rings. The van der Waals surface area contributed by atoms with Gasteiger partial charge in [0, 0.05) is 35.7 Å². The molecule has 0 spiro atoms. The maximum Gasteiger partial charge on any atom is 0.151 e. The Morgan fingerprint density at radius 3 is 3.00 bits per heavy atom. The standard InChI is InChI=1S/C14H16BrFN4/c15-10-2-3-12(16)11(8-10)13-9-14(19-18-13)20-6-1-4-17-5-7-20/h2-3,8-9,17H,1,4-7H2,(H,18,19). The number of H-pyrrole nitrogens is 1. The fourth-order valence-corrected chi connectivity index (χ4v) is 2.75. The molecule has 1 saturated heterocycles. The lowest BCUT2D eigenvalue weighted by Gasteiger charge is -2.18. The van der Waals surface area contributed by atoms with Crippen molar-refractivity contribution in [2.45, 2.75) is 6.42 Å². The van der Waals surface area contributed by atoms with Gasteiger partial charge in [0.05, 0.1) is 5.69 Å². The minimum Gasteiger partial charge on any atom is -0.354 e. The average Bonchev–Trinajstić information content (AvgIpc) is 2.77. The first-order valence-corrected chi connectivity index (χ1v) is 7.50. The highest BCUT2D eigenvalue weighted by atomic mass is 79.9. The number of hydrogen-bond acceptors (Lipinski definition) is 3. The minimum atomic E-state index is -0.249. The van der Waals surface area contributed by atoms with Crippen LogP contribution in [0.1, 0.15) is 6.42 Å². The van der Waals surface area contributed by atoms with E-state index in [1.807, 2.05) is 6.07 Å². The first kappa shape index (κ1) is 13.6. The molecule has 1 aromatic heterocycles. The third-order valence-corrected chi connectivity index (χ3v) is 3.94. The summed E-state index contributed by atoms with van der Waals surface area (Å²) in [5, 5.41) is 10.6. The molecule has 1 fully saturated rings. The number of nitrogens with zero attached hydrogens (tertiary/aromatic N) is 2. The fourth-order valence-electron chi connectivity index (χ4n) is 2.39. The number of halogens is 2. The van der Waals surface area contributed by atoms with Crippen molar-refractivity contribution in [2.24, 2.45) is 0 Å². The average molecular weight is 339 g/mol. The van der Waals surface area contributed by atoms with Gasteiger partial charge < -0.3 is 10.2 Å². The zero-order chi connectivity index (χ0) is 13.9. The summed E-state index contributed by atoms with van der Waals surface area (Å²) < 4.78 is 14.7. The van der Waals surface area contributed by atoms with Gasteiger partial charge in [-0.15, -0.1) is 0 Å². The summed E-state index contributed by atoms with van der Waals surface area (Å²) in [6.07, 6.45) is 1.09. The van der Waals surface area contributed by atoms with E-state index < -0.39 is 0 Å². The van der Waals surface area contributed by atoms with E-state index >= 15 is 0 Å². The minimum absolute atomic E-state index is 0.249. The molecule has 0 bridgehead atoms. The van der Waals surface area contributed by atoms with Crippen LogP contribution in [0.2, 0.25) is 0 Å². The van der Waals surface area contributed by atoms with E-state index in [2.05, 4.69) is 36.3 Å². The molecule has 0 aliphatic carbocycles. The van der Waals surface area contributed by atoms with Crippen LogP contribution in [0, 0.1) is 5.82 Å². The number of benzene rings is 1. The van der Waals surface area contributed by atoms with Crippen molar-refractivity contribution in [1.29, 1.82) is 0 Å². The van der Waals surface area contributed by atoms with Gasteiger partial charge in [0.1, 0.15) is 5.82 Å². The van der Waals surface area contributed by atoms with Gasteiger partial charge in [0.15, 0.2) is 5.82 Å². The van der Waals surface area contributed by atoms with Crippen LogP contribution in [0.25, 0.3) is 11.3 Å². The molecule has 1 aromatic carbocycles. The normalized spacial score (nSPS) is 16.2. The summed E-state index contributed by atoms with van der Waals surface area (Å²) in [4.78, 5) is 2.22. The highest BCUT2D eigenvalue weighted by Crippen LogP contribution is 2.27. The Kier molecular flexibility index (Phi) is 4.03. The molecule has 2 heterocycles. The van der Waals surface area contributed by atoms with E-state index in [1.54, 1.807) is 12.1 Å². The van der Waals surface area contributed by atoms with E-state index in [1.165, 1.54) is 6.07 Å². The lowest BCUT2D eigenvalue weighted by molar-refractivity contribution is 0.630. The van der Waals surface area contributed by atoms with Gasteiger partial charge in [0.2, 0.25) is 0 Å². The Labute approximate surface area is 125 Å². The summed E-state index contributed by atoms with van der Waals surface area (Å²) >= 11 is 3.37. The highest BCUT2D eigenvalue weighted by molar-refractivity contribution is 9.10. The van der Waals surface area contributed by atoms with Crippen molar-refractivity contribution >= 4 is 21.7 Å². The summed E-state index contributed by atoms with van der Waals surface area (Å²) in [7, 11) is 0. The summed E-state index contributed by atoms with van der Waals surface area (Å²) in [6.45, 7) is 3.88. The third-order valence-electron chi connectivity index (χ3n) is 3.45. The molecule has 20 heavy (non-hydrogen) atoms. The Morgan fingerprint density at radius 2 is 2.10 bits per heavy atom. The van der Waals surface area contributed by atoms with E-state index in [0.29, 0.717) is 11.3 Å². The largest absolute Gasteiger partial charge is 0.354 e. The first-order chi connectivity index (χ1) is 9.74. The van der Waals surface area contributed by atoms with E-state index in [-0.39, 0.29) is 5.82 Å². The molecule has 6 heteroatoms. The Bertz CT molecular complexity index is 591. The molecule has 2 aromatic rings. The summed E-state index contributed by atoms with van der Waals surface area (Å²) in [6, 6.07) is 6.82. The van der Waals surface area contributed by atoms with Crippen molar-refractivity contribution in [1.82, 2.24) is 15.5 Å². The first-order valence-electron chi connectivity index (χ1n) is 6.70. The number of hydrogen-bond donors (Lipinski definition) is 2. The van der Waals surface area contributed by atoms with Crippen molar-refractivity contribution in [3.63, 3.8) is 0 Å². The maximum absolute atomic E-state index is 13.9. The number of nitrogens with one attached hydrogen (secondary N) is 2. The van der Waals surface area contributed by atoms with Gasteiger partial charge in [-0.1, -0.05) is 15.9 Å². The molecule has 1 aliphatic heterocycles. The van der Waals surface area contributed by atoms with Crippen molar-refractivity contribution in [3.05, 3.63) is 34.6 Å². The van der Waals surface area contributed by atoms with Crippen LogP contribution in [-0.2, 0) is 0 Å². The van der Waals surface area contributed by atoms with E-state index in [0.717, 1.165) is 42.9 Å². The monoisotopic (exact) mass is 338 g/mol. The Balaban J connectivity index is 1.87. The van der Waals surface area contributed by atoms with Crippen LogP contribution in [0.3, 0.4) is 0 Å². The number of anilines is 1. The molecule has 4 nitrogen and oxygen atoms in total. The van der Waals surface area contributed by atoms with E-state index in [4.69, 9.17) is 0 Å². The van der Waals surface area contributed by atoms with Crippen molar-refractivity contribution < 1.29 is 4.39 Å². The van der Waals surface area contributed by atoms with Crippen LogP contribution in [-0.4, -0.2) is 36.4 Å². The highest BCUT2D eigenvalue weighted by Gasteiger charge is 2.15. The van der Waals surface area contributed by atoms with Crippen molar-refractivity contribution in [3.8, 4) is 11.3 Å². The number of aromatic nitrogens is 2. The number of rotatable bonds is 2. The van der Waals surface area contributed by atoms with Gasteiger partial charge in [0.25, 0.3) is 0 Å². The zero-order valence-electron chi connectivity index (χ0n) is 11.0. The quantitative estimate of drug-likeness (QED) is 0.884. The lowest BCUT2D eigenvalue weighted by atomic mass is 10.1. The second kappa shape index (κ2) is 5.93. The van der Waals surface area contributed by atoms with Gasteiger partial charge in [-0.05, 0) is 31.2 Å². The molecule has 2 N–H and O–H groups in total. The molecule has 0 saturated carbocycles. The summed E-state index contributed by atoms with van der Waals surface area (Å²) in [5.74, 6) is 0.629. The van der Waals surface area contributed by atoms with Crippen molar-refractivity contribution in [2.75, 3.05) is 31.1 Å². The van der Waals surface area contributed by atoms with Gasteiger partial charge in [-0.2, -0.15) is 5.10 Å². The second-order valence-electron chi connectivity index (χ2n) is 4.85.